The third kappa shape index (κ3) is 2.56. The van der Waals surface area contributed by atoms with E-state index in [1.165, 1.54) is 32.1 Å². The highest BCUT2D eigenvalue weighted by molar-refractivity contribution is 8.05. The van der Waals surface area contributed by atoms with Gasteiger partial charge in [0.1, 0.15) is 0 Å². The molecule has 4 aliphatic rings. The molecule has 0 aromatic heterocycles. The summed E-state index contributed by atoms with van der Waals surface area (Å²) in [5.41, 5.74) is 0. The van der Waals surface area contributed by atoms with E-state index in [0.29, 0.717) is 22.8 Å². The summed E-state index contributed by atoms with van der Waals surface area (Å²) < 4.78 is 0. The molecule has 1 saturated carbocycles. The first-order chi connectivity index (χ1) is 9.42. The van der Waals surface area contributed by atoms with Gasteiger partial charge >= 0.3 is 0 Å². The third-order valence-electron chi connectivity index (χ3n) is 4.88. The summed E-state index contributed by atoms with van der Waals surface area (Å²) in [6.07, 6.45) is 7.48. The molecule has 6 heteroatoms. The fraction of sp³-hybridized carbons (Fsp3) is 1.00. The van der Waals surface area contributed by atoms with E-state index in [9.17, 15) is 0 Å². The van der Waals surface area contributed by atoms with Crippen LogP contribution in [0.5, 0.6) is 0 Å². The van der Waals surface area contributed by atoms with E-state index in [-0.39, 0.29) is 0 Å². The maximum Gasteiger partial charge on any atom is 0.0722 e. The average Bonchev–Trinajstić information content (AvgIpc) is 3.01. The van der Waals surface area contributed by atoms with Crippen molar-refractivity contribution in [3.8, 4) is 0 Å². The van der Waals surface area contributed by atoms with E-state index in [0.717, 1.165) is 23.8 Å². The zero-order valence-electron chi connectivity index (χ0n) is 11.2. The van der Waals surface area contributed by atoms with E-state index in [1.54, 1.807) is 0 Å². The quantitative estimate of drug-likeness (QED) is 0.607. The molecule has 0 spiro atoms. The maximum absolute atomic E-state index is 3.91. The highest BCUT2D eigenvalue weighted by Crippen LogP contribution is 2.44. The number of fused-ring (bicyclic) bond motifs is 3. The Bertz CT molecular complexity index is 324. The molecule has 3 heterocycles. The maximum atomic E-state index is 3.91. The van der Waals surface area contributed by atoms with Gasteiger partial charge in [0.15, 0.2) is 0 Å². The summed E-state index contributed by atoms with van der Waals surface area (Å²) in [5, 5.41) is 17.0. The van der Waals surface area contributed by atoms with Crippen molar-refractivity contribution in [3.05, 3.63) is 0 Å². The smallest absolute Gasteiger partial charge is 0.0722 e. The van der Waals surface area contributed by atoms with Crippen LogP contribution in [0.3, 0.4) is 0 Å². The highest BCUT2D eigenvalue weighted by Gasteiger charge is 2.51. The monoisotopic (exact) mass is 300 g/mol. The number of hydrogen-bond acceptors (Lipinski definition) is 6. The van der Waals surface area contributed by atoms with Crippen molar-refractivity contribution in [2.24, 2.45) is 0 Å². The predicted molar refractivity (Wildman–Crippen MR) is 83.3 cm³/mol. The first kappa shape index (κ1) is 13.2. The number of thioether (sulfide) groups is 2. The number of hydrogen-bond donors (Lipinski definition) is 4. The Balaban J connectivity index is 1.41. The van der Waals surface area contributed by atoms with Gasteiger partial charge in [-0.1, -0.05) is 19.3 Å². The molecule has 4 rings (SSSR count). The molecule has 1 aliphatic carbocycles. The van der Waals surface area contributed by atoms with Crippen LogP contribution in [0.25, 0.3) is 0 Å². The molecule has 4 nitrogen and oxygen atoms in total. The summed E-state index contributed by atoms with van der Waals surface area (Å²) >= 11 is 4.24. The van der Waals surface area contributed by atoms with Crippen molar-refractivity contribution in [1.82, 2.24) is 21.3 Å². The Morgan fingerprint density at radius 3 is 2.74 bits per heavy atom. The molecular weight excluding hydrogens is 276 g/mol. The second kappa shape index (κ2) is 5.73. The van der Waals surface area contributed by atoms with Gasteiger partial charge in [0.2, 0.25) is 0 Å². The average molecular weight is 300 g/mol. The fourth-order valence-electron chi connectivity index (χ4n) is 3.89. The predicted octanol–water partition coefficient (Wildman–Crippen LogP) is 0.858. The van der Waals surface area contributed by atoms with Gasteiger partial charge in [-0.05, 0) is 12.8 Å². The van der Waals surface area contributed by atoms with Gasteiger partial charge in [0, 0.05) is 29.9 Å². The van der Waals surface area contributed by atoms with Crippen LogP contribution in [0.4, 0.5) is 0 Å². The standard InChI is InChI=1S/C13H24N4S2/c1-2-4-8(5-3-1)17-12-10-9(14-6-15-12)11-13(19-10)16-7-18-11/h8-17H,1-7H2. The molecule has 4 N–H and O–H groups in total. The van der Waals surface area contributed by atoms with Crippen molar-refractivity contribution >= 4 is 23.5 Å². The van der Waals surface area contributed by atoms with Gasteiger partial charge in [0.05, 0.1) is 16.8 Å². The normalized spacial score (nSPS) is 47.1. The summed E-state index contributed by atoms with van der Waals surface area (Å²) in [5.74, 6) is 1.13. The number of rotatable bonds is 2. The van der Waals surface area contributed by atoms with Gasteiger partial charge < -0.3 is 0 Å². The molecule has 5 unspecified atom stereocenters. The molecule has 19 heavy (non-hydrogen) atoms. The largest absolute Gasteiger partial charge is 0.299 e. The third-order valence-corrected chi connectivity index (χ3v) is 7.97. The van der Waals surface area contributed by atoms with Crippen LogP contribution in [0.15, 0.2) is 0 Å². The van der Waals surface area contributed by atoms with Crippen molar-refractivity contribution in [1.29, 1.82) is 0 Å². The van der Waals surface area contributed by atoms with Crippen LogP contribution in [-0.2, 0) is 0 Å². The molecular formula is C13H24N4S2. The number of nitrogens with one attached hydrogen (secondary N) is 4. The lowest BCUT2D eigenvalue weighted by molar-refractivity contribution is 0.248. The Hall–Kier alpha value is 0.540. The second-order valence-corrected chi connectivity index (χ2v) is 8.58. The molecule has 108 valence electrons. The van der Waals surface area contributed by atoms with E-state index >= 15 is 0 Å². The summed E-state index contributed by atoms with van der Waals surface area (Å²) in [7, 11) is 0. The topological polar surface area (TPSA) is 48.1 Å². The van der Waals surface area contributed by atoms with Gasteiger partial charge in [-0.15, -0.1) is 23.5 Å². The van der Waals surface area contributed by atoms with Gasteiger partial charge in [-0.2, -0.15) is 0 Å². The zero-order valence-corrected chi connectivity index (χ0v) is 12.9. The molecule has 0 bridgehead atoms. The molecule has 0 amide bonds. The van der Waals surface area contributed by atoms with Crippen molar-refractivity contribution in [2.75, 3.05) is 12.5 Å². The lowest BCUT2D eigenvalue weighted by Gasteiger charge is -2.39. The van der Waals surface area contributed by atoms with Crippen LogP contribution in [0.2, 0.25) is 0 Å². The summed E-state index contributed by atoms with van der Waals surface area (Å²) in [6.45, 7) is 0.954. The van der Waals surface area contributed by atoms with Crippen LogP contribution in [-0.4, -0.2) is 46.7 Å². The first-order valence-electron chi connectivity index (χ1n) is 7.65. The lowest BCUT2D eigenvalue weighted by atomic mass is 9.94. The minimum atomic E-state index is 0.493. The molecule has 0 aromatic rings. The molecule has 3 saturated heterocycles. The Labute approximate surface area is 124 Å². The Kier molecular flexibility index (Phi) is 3.99. The molecule has 0 radical (unpaired) electrons. The van der Waals surface area contributed by atoms with E-state index in [4.69, 9.17) is 0 Å². The second-order valence-electron chi connectivity index (χ2n) is 6.09. The highest BCUT2D eigenvalue weighted by atomic mass is 32.2. The van der Waals surface area contributed by atoms with Crippen molar-refractivity contribution < 1.29 is 0 Å². The lowest BCUT2D eigenvalue weighted by Crippen LogP contribution is -2.66. The molecule has 5 atom stereocenters. The summed E-state index contributed by atoms with van der Waals surface area (Å²) in [4.78, 5) is 0. The van der Waals surface area contributed by atoms with E-state index in [2.05, 4.69) is 44.8 Å². The van der Waals surface area contributed by atoms with Crippen molar-refractivity contribution in [3.63, 3.8) is 0 Å². The van der Waals surface area contributed by atoms with E-state index in [1.807, 2.05) is 0 Å². The SMILES string of the molecule is C1CCC(NC2NCNC3C2SC2NCSC23)CC1. The van der Waals surface area contributed by atoms with Gasteiger partial charge in [-0.3, -0.25) is 21.3 Å². The Morgan fingerprint density at radius 2 is 1.84 bits per heavy atom. The molecule has 0 aromatic carbocycles. The van der Waals surface area contributed by atoms with Gasteiger partial charge in [0.25, 0.3) is 0 Å². The molecule has 4 fully saturated rings. The Morgan fingerprint density at radius 1 is 0.947 bits per heavy atom. The zero-order chi connectivity index (χ0) is 12.7. The van der Waals surface area contributed by atoms with Crippen LogP contribution < -0.4 is 21.3 Å². The van der Waals surface area contributed by atoms with Crippen LogP contribution in [0, 0.1) is 0 Å². The molecule has 3 aliphatic heterocycles. The first-order valence-corrected chi connectivity index (χ1v) is 9.64. The fourth-order valence-corrected chi connectivity index (χ4v) is 7.34. The van der Waals surface area contributed by atoms with Crippen LogP contribution >= 0.6 is 23.5 Å². The van der Waals surface area contributed by atoms with Crippen LogP contribution in [0.1, 0.15) is 32.1 Å². The van der Waals surface area contributed by atoms with E-state index < -0.39 is 0 Å². The minimum absolute atomic E-state index is 0.493. The van der Waals surface area contributed by atoms with Gasteiger partial charge in [-0.25, -0.2) is 0 Å². The summed E-state index contributed by atoms with van der Waals surface area (Å²) in [6, 6.07) is 1.41. The van der Waals surface area contributed by atoms with Crippen molar-refractivity contribution in [2.45, 2.75) is 66.2 Å². The minimum Gasteiger partial charge on any atom is -0.299 e.